The number of rotatable bonds is 2. The Kier molecular flexibility index (Phi) is 3.33. The number of hydrogen-bond acceptors (Lipinski definition) is 3. The van der Waals surface area contributed by atoms with Crippen LogP contribution in [-0.4, -0.2) is 11.5 Å². The fourth-order valence-electron chi connectivity index (χ4n) is 4.65. The fraction of sp³-hybridized carbons (Fsp3) is 0.632. The number of nitrogen functional groups attached to an aromatic ring is 1. The van der Waals surface area contributed by atoms with Gasteiger partial charge in [0.25, 0.3) is 0 Å². The Balaban J connectivity index is 1.54. The van der Waals surface area contributed by atoms with Crippen molar-refractivity contribution in [1.82, 2.24) is 5.32 Å². The second-order valence-corrected chi connectivity index (χ2v) is 8.06. The summed E-state index contributed by atoms with van der Waals surface area (Å²) in [6, 6.07) is 5.71. The van der Waals surface area contributed by atoms with Gasteiger partial charge < -0.3 is 15.8 Å². The zero-order valence-corrected chi connectivity index (χ0v) is 14.0. The summed E-state index contributed by atoms with van der Waals surface area (Å²) in [5, 5.41) is 3.30. The van der Waals surface area contributed by atoms with Crippen LogP contribution in [0.3, 0.4) is 0 Å². The van der Waals surface area contributed by atoms with E-state index in [4.69, 9.17) is 10.5 Å². The van der Waals surface area contributed by atoms with E-state index in [1.165, 1.54) is 25.7 Å². The molecule has 4 heteroatoms. The van der Waals surface area contributed by atoms with E-state index in [1.807, 2.05) is 18.2 Å². The molecular formula is C19H26N2O2. The second kappa shape index (κ2) is 5.15. The van der Waals surface area contributed by atoms with Crippen molar-refractivity contribution in [3.05, 3.63) is 23.8 Å². The van der Waals surface area contributed by atoms with E-state index in [0.717, 1.165) is 17.7 Å². The first kappa shape index (κ1) is 14.9. The first-order chi connectivity index (χ1) is 10.9. The summed E-state index contributed by atoms with van der Waals surface area (Å²) in [6.45, 7) is 4.14. The average molecular weight is 314 g/mol. The van der Waals surface area contributed by atoms with Crippen molar-refractivity contribution in [2.75, 3.05) is 5.73 Å². The number of nitrogens with two attached hydrogens (primary N) is 1. The molecule has 0 spiro atoms. The van der Waals surface area contributed by atoms with Crippen LogP contribution in [0.5, 0.6) is 5.75 Å². The van der Waals surface area contributed by atoms with Crippen molar-refractivity contribution < 1.29 is 9.53 Å². The normalized spacial score (nSPS) is 33.8. The van der Waals surface area contributed by atoms with Crippen LogP contribution in [0.25, 0.3) is 0 Å². The Morgan fingerprint density at radius 2 is 1.96 bits per heavy atom. The largest absolute Gasteiger partial charge is 0.487 e. The Labute approximate surface area is 137 Å². The van der Waals surface area contributed by atoms with Gasteiger partial charge in [0.1, 0.15) is 11.4 Å². The first-order valence-electron chi connectivity index (χ1n) is 8.83. The van der Waals surface area contributed by atoms with Gasteiger partial charge in [0.05, 0.1) is 6.04 Å². The summed E-state index contributed by atoms with van der Waals surface area (Å²) in [6.07, 6.45) is 5.80. The maximum absolute atomic E-state index is 12.8. The van der Waals surface area contributed by atoms with E-state index in [2.05, 4.69) is 19.2 Å². The van der Waals surface area contributed by atoms with Gasteiger partial charge in [-0.25, -0.2) is 0 Å². The number of benzene rings is 1. The highest BCUT2D eigenvalue weighted by atomic mass is 16.5. The van der Waals surface area contributed by atoms with Crippen LogP contribution in [0.2, 0.25) is 0 Å². The van der Waals surface area contributed by atoms with Crippen molar-refractivity contribution >= 4 is 11.6 Å². The molecule has 0 radical (unpaired) electrons. The van der Waals surface area contributed by atoms with E-state index in [-0.39, 0.29) is 23.5 Å². The summed E-state index contributed by atoms with van der Waals surface area (Å²) in [5.41, 5.74) is 7.39. The van der Waals surface area contributed by atoms with Crippen molar-refractivity contribution in [1.29, 1.82) is 0 Å². The van der Waals surface area contributed by atoms with E-state index < -0.39 is 0 Å². The third-order valence-electron chi connectivity index (χ3n) is 5.77. The lowest BCUT2D eigenvalue weighted by Gasteiger charge is -2.38. The lowest BCUT2D eigenvalue weighted by molar-refractivity contribution is -0.124. The molecule has 2 fully saturated rings. The van der Waals surface area contributed by atoms with Gasteiger partial charge in [-0.05, 0) is 56.7 Å². The summed E-state index contributed by atoms with van der Waals surface area (Å²) in [5.74, 6) is 2.59. The van der Waals surface area contributed by atoms with Crippen LogP contribution in [0.15, 0.2) is 18.2 Å². The molecule has 3 aliphatic rings. The van der Waals surface area contributed by atoms with Gasteiger partial charge >= 0.3 is 0 Å². The van der Waals surface area contributed by atoms with Gasteiger partial charge in [-0.2, -0.15) is 0 Å². The molecule has 4 nitrogen and oxygen atoms in total. The first-order valence-corrected chi connectivity index (χ1v) is 8.83. The van der Waals surface area contributed by atoms with Crippen LogP contribution in [0, 0.1) is 17.8 Å². The molecule has 3 unspecified atom stereocenters. The Bertz CT molecular complexity index is 628. The monoisotopic (exact) mass is 314 g/mol. The maximum Gasteiger partial charge on any atom is 0.224 e. The molecule has 1 aromatic carbocycles. The Hall–Kier alpha value is -1.71. The lowest BCUT2D eigenvalue weighted by Crippen LogP contribution is -2.42. The molecule has 2 aliphatic carbocycles. The van der Waals surface area contributed by atoms with E-state index >= 15 is 0 Å². The minimum atomic E-state index is -0.280. The number of ether oxygens (including phenoxy) is 1. The van der Waals surface area contributed by atoms with E-state index in [0.29, 0.717) is 17.5 Å². The van der Waals surface area contributed by atoms with Gasteiger partial charge in [0.2, 0.25) is 5.91 Å². The van der Waals surface area contributed by atoms with E-state index in [1.54, 1.807) is 0 Å². The molecule has 23 heavy (non-hydrogen) atoms. The van der Waals surface area contributed by atoms with Gasteiger partial charge in [-0.1, -0.05) is 12.8 Å². The minimum absolute atomic E-state index is 0.00703. The van der Waals surface area contributed by atoms with Crippen molar-refractivity contribution in [3.63, 3.8) is 0 Å². The molecule has 1 aliphatic heterocycles. The summed E-state index contributed by atoms with van der Waals surface area (Å²) in [7, 11) is 0. The zero-order valence-electron chi connectivity index (χ0n) is 14.0. The molecule has 0 bridgehead atoms. The molecule has 1 amide bonds. The molecule has 2 saturated carbocycles. The van der Waals surface area contributed by atoms with Crippen molar-refractivity contribution in [2.24, 2.45) is 17.8 Å². The zero-order chi connectivity index (χ0) is 16.2. The number of hydrogen-bond donors (Lipinski definition) is 2. The summed E-state index contributed by atoms with van der Waals surface area (Å²) in [4.78, 5) is 12.8. The van der Waals surface area contributed by atoms with E-state index in [9.17, 15) is 4.79 Å². The van der Waals surface area contributed by atoms with Crippen LogP contribution in [-0.2, 0) is 4.79 Å². The maximum atomic E-state index is 12.8. The number of carbonyl (C=O) groups excluding carboxylic acids is 1. The Morgan fingerprint density at radius 1 is 1.26 bits per heavy atom. The SMILES string of the molecule is CC1(C)CC(NC(=O)C2C3CCCCC32)c2cc(N)ccc2O1. The molecule has 0 aromatic heterocycles. The number of amides is 1. The standard InChI is InChI=1S/C19H26N2O2/c1-19(2)10-15(14-9-11(20)7-8-16(14)23-19)21-18(22)17-12-5-3-4-6-13(12)17/h7-9,12-13,15,17H,3-6,10,20H2,1-2H3,(H,21,22). The number of fused-ring (bicyclic) bond motifs is 2. The fourth-order valence-corrected chi connectivity index (χ4v) is 4.65. The van der Waals surface area contributed by atoms with Crippen LogP contribution in [0.4, 0.5) is 5.69 Å². The van der Waals surface area contributed by atoms with Crippen LogP contribution in [0.1, 0.15) is 57.6 Å². The van der Waals surface area contributed by atoms with Crippen LogP contribution >= 0.6 is 0 Å². The molecular weight excluding hydrogens is 288 g/mol. The number of nitrogens with one attached hydrogen (secondary N) is 1. The van der Waals surface area contributed by atoms with Gasteiger partial charge in [0, 0.05) is 23.6 Å². The minimum Gasteiger partial charge on any atom is -0.487 e. The van der Waals surface area contributed by atoms with Gasteiger partial charge in [-0.3, -0.25) is 4.79 Å². The highest BCUT2D eigenvalue weighted by molar-refractivity contribution is 5.83. The number of anilines is 1. The lowest BCUT2D eigenvalue weighted by atomic mass is 9.89. The highest BCUT2D eigenvalue weighted by Crippen LogP contribution is 2.55. The van der Waals surface area contributed by atoms with Gasteiger partial charge in [0.15, 0.2) is 0 Å². The molecule has 1 heterocycles. The molecule has 3 N–H and O–H groups in total. The summed E-state index contributed by atoms with van der Waals surface area (Å²) >= 11 is 0. The smallest absolute Gasteiger partial charge is 0.224 e. The highest BCUT2D eigenvalue weighted by Gasteiger charge is 2.55. The quantitative estimate of drug-likeness (QED) is 0.822. The number of carbonyl (C=O) groups is 1. The van der Waals surface area contributed by atoms with Crippen LogP contribution < -0.4 is 15.8 Å². The topological polar surface area (TPSA) is 64.4 Å². The molecule has 124 valence electrons. The third-order valence-corrected chi connectivity index (χ3v) is 5.77. The molecule has 4 rings (SSSR count). The average Bonchev–Trinajstić information content (AvgIpc) is 3.21. The Morgan fingerprint density at radius 3 is 2.65 bits per heavy atom. The predicted molar refractivity (Wildman–Crippen MR) is 90.0 cm³/mol. The summed E-state index contributed by atoms with van der Waals surface area (Å²) < 4.78 is 6.05. The predicted octanol–water partition coefficient (Wildman–Crippen LogP) is 3.42. The van der Waals surface area contributed by atoms with Crippen molar-refractivity contribution in [3.8, 4) is 5.75 Å². The van der Waals surface area contributed by atoms with Crippen molar-refractivity contribution in [2.45, 2.75) is 57.6 Å². The molecule has 0 saturated heterocycles. The third kappa shape index (κ3) is 2.68. The molecule has 1 aromatic rings. The second-order valence-electron chi connectivity index (χ2n) is 8.06. The van der Waals surface area contributed by atoms with Gasteiger partial charge in [-0.15, -0.1) is 0 Å². The molecule has 3 atom stereocenters.